The molecule has 0 saturated heterocycles. The Morgan fingerprint density at radius 3 is 2.44 bits per heavy atom. The highest BCUT2D eigenvalue weighted by molar-refractivity contribution is 9.10. The van der Waals surface area contributed by atoms with Crippen molar-refractivity contribution in [2.45, 2.75) is 30.3 Å². The van der Waals surface area contributed by atoms with E-state index in [1.807, 2.05) is 24.3 Å². The van der Waals surface area contributed by atoms with Crippen LogP contribution in [0.25, 0.3) is 11.3 Å². The lowest BCUT2D eigenvalue weighted by Crippen LogP contribution is -2.27. The summed E-state index contributed by atoms with van der Waals surface area (Å²) in [7, 11) is 0. The van der Waals surface area contributed by atoms with E-state index in [4.69, 9.17) is 5.73 Å². The summed E-state index contributed by atoms with van der Waals surface area (Å²) in [6, 6.07) is 14.4. The van der Waals surface area contributed by atoms with E-state index in [2.05, 4.69) is 31.0 Å². The van der Waals surface area contributed by atoms with Crippen LogP contribution >= 0.6 is 39.2 Å². The summed E-state index contributed by atoms with van der Waals surface area (Å²) in [5, 5.41) is 5.38. The molecule has 36 heavy (non-hydrogen) atoms. The van der Waals surface area contributed by atoms with Gasteiger partial charge in [0.15, 0.2) is 5.13 Å². The summed E-state index contributed by atoms with van der Waals surface area (Å²) in [6.07, 6.45) is -4.93. The number of rotatable bonds is 10. The molecule has 4 N–H and O–H groups in total. The maximum Gasteiger partial charge on any atom is 0.449 e. The molecule has 0 amide bonds. The number of nitrogens with two attached hydrogens (primary N) is 1. The normalized spacial score (nSPS) is 11.6. The van der Waals surface area contributed by atoms with Gasteiger partial charge in [0.2, 0.25) is 5.78 Å². The molecule has 5 nitrogen and oxygen atoms in total. The number of carbonyl (C=O) groups is 1. The predicted molar refractivity (Wildman–Crippen MR) is 138 cm³/mol. The van der Waals surface area contributed by atoms with E-state index in [0.717, 1.165) is 9.37 Å². The molecule has 0 unspecified atom stereocenters. The largest absolute Gasteiger partial charge is 0.449 e. The molecule has 0 aliphatic rings. The molecule has 0 saturated carbocycles. The van der Waals surface area contributed by atoms with Crippen molar-refractivity contribution in [1.29, 1.82) is 0 Å². The fourth-order valence-corrected chi connectivity index (χ4v) is 4.72. The second-order valence-corrected chi connectivity index (χ2v) is 9.95. The van der Waals surface area contributed by atoms with E-state index in [1.165, 1.54) is 29.4 Å². The third-order valence-electron chi connectivity index (χ3n) is 4.49. The lowest BCUT2D eigenvalue weighted by molar-refractivity contribution is -0.168. The minimum atomic E-state index is -4.64. The Morgan fingerprint density at radius 2 is 1.81 bits per heavy atom. The number of benzene rings is 2. The van der Waals surface area contributed by atoms with Crippen LogP contribution in [0.2, 0.25) is 0 Å². The monoisotopic (exact) mass is 610 g/mol. The summed E-state index contributed by atoms with van der Waals surface area (Å²) in [6.45, 7) is 1.63. The SMILES string of the molecule is CC(=O)C(F)(F)F.NCCNCCC(F)(F)c1ccccc1-c1csc(NSc2cccc(Br)c2)n1. The van der Waals surface area contributed by atoms with Crippen molar-refractivity contribution in [1.82, 2.24) is 10.3 Å². The topological polar surface area (TPSA) is 80.0 Å². The van der Waals surface area contributed by atoms with Crippen LogP contribution in [0, 0.1) is 0 Å². The van der Waals surface area contributed by atoms with E-state index < -0.39 is 17.9 Å². The minimum absolute atomic E-state index is 0.00829. The van der Waals surface area contributed by atoms with Crippen LogP contribution < -0.4 is 15.8 Å². The van der Waals surface area contributed by atoms with Crippen LogP contribution in [-0.4, -0.2) is 36.6 Å². The van der Waals surface area contributed by atoms with Crippen LogP contribution in [0.5, 0.6) is 0 Å². The number of hydrogen-bond donors (Lipinski definition) is 3. The van der Waals surface area contributed by atoms with Crippen LogP contribution in [0.4, 0.5) is 27.1 Å². The Bertz CT molecular complexity index is 1130. The second-order valence-electron chi connectivity index (χ2n) is 7.29. The summed E-state index contributed by atoms with van der Waals surface area (Å²) in [5.41, 5.74) is 6.38. The third-order valence-corrected chi connectivity index (χ3v) is 6.65. The molecule has 1 heterocycles. The lowest BCUT2D eigenvalue weighted by atomic mass is 9.97. The van der Waals surface area contributed by atoms with Crippen molar-refractivity contribution in [3.8, 4) is 11.3 Å². The Labute approximate surface area is 222 Å². The van der Waals surface area contributed by atoms with Gasteiger partial charge in [-0.3, -0.25) is 4.79 Å². The molecule has 0 spiro atoms. The molecule has 1 aromatic heterocycles. The smallest absolute Gasteiger partial charge is 0.329 e. The molecule has 0 radical (unpaired) electrons. The van der Waals surface area contributed by atoms with E-state index in [9.17, 15) is 26.7 Å². The molecular weight excluding hydrogens is 587 g/mol. The van der Waals surface area contributed by atoms with Crippen molar-refractivity contribution in [3.05, 3.63) is 63.9 Å². The fraction of sp³-hybridized carbons (Fsp3) is 0.304. The molecule has 0 aliphatic carbocycles. The van der Waals surface area contributed by atoms with Gasteiger partial charge < -0.3 is 15.8 Å². The van der Waals surface area contributed by atoms with Gasteiger partial charge in [0.25, 0.3) is 5.92 Å². The van der Waals surface area contributed by atoms with Gasteiger partial charge in [0.05, 0.1) is 5.69 Å². The number of hydrogen-bond acceptors (Lipinski definition) is 7. The number of halogens is 6. The molecule has 0 fully saturated rings. The molecule has 196 valence electrons. The highest BCUT2D eigenvalue weighted by Crippen LogP contribution is 2.39. The van der Waals surface area contributed by atoms with E-state index >= 15 is 0 Å². The Hall–Kier alpha value is -2.06. The van der Waals surface area contributed by atoms with Crippen LogP contribution in [0.15, 0.2) is 63.3 Å². The lowest BCUT2D eigenvalue weighted by Gasteiger charge is -2.19. The highest BCUT2D eigenvalue weighted by atomic mass is 79.9. The second kappa shape index (κ2) is 14.0. The summed E-state index contributed by atoms with van der Waals surface area (Å²) < 4.78 is 66.3. The molecule has 3 rings (SSSR count). The van der Waals surface area contributed by atoms with Crippen LogP contribution in [0.3, 0.4) is 0 Å². The van der Waals surface area contributed by atoms with Gasteiger partial charge in [-0.15, -0.1) is 11.3 Å². The molecule has 0 aliphatic heterocycles. The van der Waals surface area contributed by atoms with Gasteiger partial charge in [-0.05, 0) is 30.1 Å². The standard InChI is InChI=1S/C20H21BrF2N4S2.C3H3F3O/c21-14-4-3-5-15(12-14)29-27-19-26-18(13-28-19)16-6-1-2-7-17(16)20(22,23)8-10-25-11-9-24;1-2(7)3(4,5)6/h1-7,12-13,25H,8-11,24H2,(H,26,27);1H3. The quantitative estimate of drug-likeness (QED) is 0.132. The first-order chi connectivity index (χ1) is 16.9. The van der Waals surface area contributed by atoms with Crippen LogP contribution in [-0.2, 0) is 10.7 Å². The summed E-state index contributed by atoms with van der Waals surface area (Å²) in [5.74, 6) is -4.71. The number of anilines is 1. The number of ketones is 1. The Kier molecular flexibility index (Phi) is 11.8. The maximum absolute atomic E-state index is 14.8. The van der Waals surface area contributed by atoms with E-state index in [-0.39, 0.29) is 18.5 Å². The van der Waals surface area contributed by atoms with Crippen molar-refractivity contribution >= 4 is 50.1 Å². The Balaban J connectivity index is 0.000000572. The number of thiazole rings is 1. The van der Waals surface area contributed by atoms with Crippen molar-refractivity contribution in [2.24, 2.45) is 5.73 Å². The number of aromatic nitrogens is 1. The highest BCUT2D eigenvalue weighted by Gasteiger charge is 2.34. The predicted octanol–water partition coefficient (Wildman–Crippen LogP) is 6.86. The van der Waals surface area contributed by atoms with Crippen LogP contribution in [0.1, 0.15) is 18.9 Å². The molecule has 0 bridgehead atoms. The minimum Gasteiger partial charge on any atom is -0.329 e. The summed E-state index contributed by atoms with van der Waals surface area (Å²) in [4.78, 5) is 14.9. The molecule has 13 heteroatoms. The molecular formula is C23H24BrF5N4OS2. The first-order valence-corrected chi connectivity index (χ1v) is 13.0. The number of nitrogens with one attached hydrogen (secondary N) is 2. The van der Waals surface area contributed by atoms with Gasteiger partial charge in [0.1, 0.15) is 0 Å². The molecule has 0 atom stereocenters. The van der Waals surface area contributed by atoms with Gasteiger partial charge in [-0.25, -0.2) is 13.8 Å². The van der Waals surface area contributed by atoms with Gasteiger partial charge in [-0.1, -0.05) is 46.3 Å². The zero-order chi connectivity index (χ0) is 26.8. The average molecular weight is 612 g/mol. The number of alkyl halides is 5. The zero-order valence-electron chi connectivity index (χ0n) is 19.0. The van der Waals surface area contributed by atoms with Crippen molar-refractivity contribution < 1.29 is 26.7 Å². The van der Waals surface area contributed by atoms with Gasteiger partial charge >= 0.3 is 6.18 Å². The number of Topliss-reactive ketones (excluding diaryl/α,β-unsaturated/α-hetero) is 1. The van der Waals surface area contributed by atoms with Gasteiger partial charge in [0, 0.05) is 58.9 Å². The third kappa shape index (κ3) is 9.77. The molecule has 2 aromatic carbocycles. The summed E-state index contributed by atoms with van der Waals surface area (Å²) >= 11 is 6.25. The average Bonchev–Trinajstić information content (AvgIpc) is 3.29. The van der Waals surface area contributed by atoms with Gasteiger partial charge in [-0.2, -0.15) is 13.2 Å². The van der Waals surface area contributed by atoms with E-state index in [1.54, 1.807) is 23.6 Å². The number of nitrogens with zero attached hydrogens (tertiary/aromatic N) is 1. The van der Waals surface area contributed by atoms with Crippen molar-refractivity contribution in [2.75, 3.05) is 24.4 Å². The maximum atomic E-state index is 14.8. The van der Waals surface area contributed by atoms with Crippen molar-refractivity contribution in [3.63, 3.8) is 0 Å². The first-order valence-electron chi connectivity index (χ1n) is 10.5. The fourth-order valence-electron chi connectivity index (χ4n) is 2.71. The molecule has 3 aromatic rings. The Morgan fingerprint density at radius 1 is 1.11 bits per heavy atom. The first kappa shape index (κ1) is 30.2. The zero-order valence-corrected chi connectivity index (χ0v) is 22.3. The number of carbonyl (C=O) groups excluding carboxylic acids is 1. The van der Waals surface area contributed by atoms with E-state index in [0.29, 0.717) is 36.4 Å².